The van der Waals surface area contributed by atoms with Crippen LogP contribution in [-0.4, -0.2) is 27.9 Å². The Kier molecular flexibility index (Phi) is 4.59. The summed E-state index contributed by atoms with van der Waals surface area (Å²) in [5.41, 5.74) is 2.86. The lowest BCUT2D eigenvalue weighted by Gasteiger charge is -2.25. The van der Waals surface area contributed by atoms with E-state index >= 15 is 0 Å². The predicted molar refractivity (Wildman–Crippen MR) is 108 cm³/mol. The van der Waals surface area contributed by atoms with Crippen molar-refractivity contribution in [2.75, 3.05) is 0 Å². The quantitative estimate of drug-likeness (QED) is 0.757. The molecule has 0 bridgehead atoms. The molecule has 1 atom stereocenters. The van der Waals surface area contributed by atoms with Crippen LogP contribution in [0.5, 0.6) is 0 Å². The number of para-hydroxylation sites is 1. The van der Waals surface area contributed by atoms with Gasteiger partial charge in [-0.05, 0) is 35.7 Å². The third kappa shape index (κ3) is 3.06. The first kappa shape index (κ1) is 17.3. The molecule has 2 aromatic carbocycles. The van der Waals surface area contributed by atoms with Crippen LogP contribution >= 0.6 is 23.4 Å². The molecule has 1 unspecified atom stereocenters. The Morgan fingerprint density at radius 3 is 2.77 bits per heavy atom. The third-order valence-electron chi connectivity index (χ3n) is 4.39. The zero-order valence-electron chi connectivity index (χ0n) is 14.5. The van der Waals surface area contributed by atoms with Crippen molar-refractivity contribution in [2.45, 2.75) is 25.6 Å². The van der Waals surface area contributed by atoms with Crippen molar-refractivity contribution in [3.63, 3.8) is 0 Å². The van der Waals surface area contributed by atoms with Crippen molar-refractivity contribution in [3.8, 4) is 0 Å². The van der Waals surface area contributed by atoms with Gasteiger partial charge in [0.1, 0.15) is 11.9 Å². The van der Waals surface area contributed by atoms with Crippen LogP contribution in [0.25, 0.3) is 0 Å². The van der Waals surface area contributed by atoms with Crippen molar-refractivity contribution in [1.29, 1.82) is 0 Å². The van der Waals surface area contributed by atoms with Gasteiger partial charge in [-0.1, -0.05) is 61.5 Å². The minimum atomic E-state index is -0.354. The van der Waals surface area contributed by atoms with E-state index in [0.29, 0.717) is 21.8 Å². The van der Waals surface area contributed by atoms with Crippen LogP contribution in [0, 0.1) is 5.92 Å². The molecule has 2 aliphatic rings. The normalized spacial score (nSPS) is 18.5. The number of benzene rings is 2. The first-order valence-corrected chi connectivity index (χ1v) is 9.88. The number of aliphatic imine (C=N–C) groups is 2. The number of rotatable bonds is 3. The highest BCUT2D eigenvalue weighted by molar-refractivity contribution is 8.13. The van der Waals surface area contributed by atoms with Crippen LogP contribution in [0.3, 0.4) is 0 Å². The number of halogens is 1. The molecule has 0 saturated carbocycles. The van der Waals surface area contributed by atoms with E-state index in [-0.39, 0.29) is 17.9 Å². The lowest BCUT2D eigenvalue weighted by atomic mass is 10.1. The van der Waals surface area contributed by atoms with Gasteiger partial charge in [0.25, 0.3) is 5.91 Å². The molecule has 1 amide bonds. The van der Waals surface area contributed by atoms with Crippen molar-refractivity contribution in [3.05, 3.63) is 64.7 Å². The molecule has 4 rings (SSSR count). The van der Waals surface area contributed by atoms with E-state index in [2.05, 4.69) is 0 Å². The summed E-state index contributed by atoms with van der Waals surface area (Å²) in [5, 5.41) is 1.38. The molecule has 0 N–H and O–H groups in total. The Labute approximate surface area is 162 Å². The van der Waals surface area contributed by atoms with E-state index in [4.69, 9.17) is 21.6 Å². The summed E-state index contributed by atoms with van der Waals surface area (Å²) in [7, 11) is 0. The second-order valence-electron chi connectivity index (χ2n) is 6.65. The fourth-order valence-electron chi connectivity index (χ4n) is 3.08. The van der Waals surface area contributed by atoms with Crippen LogP contribution in [0.2, 0.25) is 5.02 Å². The highest BCUT2D eigenvalue weighted by Gasteiger charge is 2.42. The van der Waals surface area contributed by atoms with Gasteiger partial charge in [0.15, 0.2) is 5.17 Å². The number of thioether (sulfide) groups is 1. The molecule has 0 radical (unpaired) electrons. The average molecular weight is 384 g/mol. The lowest BCUT2D eigenvalue weighted by molar-refractivity contribution is -0.125. The Bertz CT molecular complexity index is 938. The van der Waals surface area contributed by atoms with Gasteiger partial charge in [0.2, 0.25) is 0 Å². The van der Waals surface area contributed by atoms with E-state index in [9.17, 15) is 4.79 Å². The number of hydrogen-bond donors (Lipinski definition) is 0. The fourth-order valence-corrected chi connectivity index (χ4v) is 4.23. The molecule has 132 valence electrons. The van der Waals surface area contributed by atoms with Crippen LogP contribution in [-0.2, 0) is 10.5 Å². The van der Waals surface area contributed by atoms with Gasteiger partial charge in [-0.25, -0.2) is 9.89 Å². The highest BCUT2D eigenvalue weighted by atomic mass is 35.5. The molecule has 0 saturated heterocycles. The summed E-state index contributed by atoms with van der Waals surface area (Å²) in [6.45, 7) is 4.04. The van der Waals surface area contributed by atoms with Crippen molar-refractivity contribution >= 4 is 46.0 Å². The summed E-state index contributed by atoms with van der Waals surface area (Å²) < 4.78 is 0. The van der Waals surface area contributed by atoms with Gasteiger partial charge in [0.05, 0.1) is 5.69 Å². The molecular weight excluding hydrogens is 366 g/mol. The first-order chi connectivity index (χ1) is 12.5. The molecule has 0 aliphatic carbocycles. The van der Waals surface area contributed by atoms with Crippen LogP contribution < -0.4 is 0 Å². The van der Waals surface area contributed by atoms with E-state index < -0.39 is 0 Å². The topological polar surface area (TPSA) is 45.0 Å². The zero-order chi connectivity index (χ0) is 18.3. The number of carbonyl (C=O) groups is 1. The van der Waals surface area contributed by atoms with Crippen molar-refractivity contribution < 1.29 is 4.79 Å². The lowest BCUT2D eigenvalue weighted by Crippen LogP contribution is -2.41. The maximum atomic E-state index is 13.0. The largest absolute Gasteiger partial charge is 0.271 e. The second-order valence-corrected chi connectivity index (χ2v) is 8.02. The number of hydrogen-bond acceptors (Lipinski definition) is 4. The average Bonchev–Trinajstić information content (AvgIpc) is 2.98. The standard InChI is InChI=1S/C20H18ClN3OS/c1-12(2)17-19(25)24-18(23-17)15-8-3-4-9-16(15)22-20(24)26-11-13-6-5-7-14(21)10-13/h3-10,12,17H,11H2,1-2H3. The zero-order valence-corrected chi connectivity index (χ0v) is 16.1. The van der Waals surface area contributed by atoms with Gasteiger partial charge >= 0.3 is 0 Å². The van der Waals surface area contributed by atoms with Crippen LogP contribution in [0.4, 0.5) is 5.69 Å². The SMILES string of the molecule is CC(C)C1N=C2c3ccccc3N=C(SCc3cccc(Cl)c3)N2C1=O. The van der Waals surface area contributed by atoms with Crippen LogP contribution in [0.15, 0.2) is 58.5 Å². The number of carbonyl (C=O) groups excluding carboxylic acids is 1. The number of nitrogens with zero attached hydrogens (tertiary/aromatic N) is 3. The molecule has 0 fully saturated rings. The molecule has 6 heteroatoms. The molecule has 2 aromatic rings. The Hall–Kier alpha value is -2.11. The van der Waals surface area contributed by atoms with E-state index in [1.165, 1.54) is 11.8 Å². The number of amides is 1. The minimum Gasteiger partial charge on any atom is -0.271 e. The smallest absolute Gasteiger partial charge is 0.259 e. The first-order valence-electron chi connectivity index (χ1n) is 8.51. The fraction of sp³-hybridized carbons (Fsp3) is 0.250. The third-order valence-corrected chi connectivity index (χ3v) is 5.63. The molecule has 0 spiro atoms. The predicted octanol–water partition coefficient (Wildman–Crippen LogP) is 4.89. The molecule has 4 nitrogen and oxygen atoms in total. The Morgan fingerprint density at radius 2 is 2.00 bits per heavy atom. The van der Waals surface area contributed by atoms with Gasteiger partial charge in [-0.2, -0.15) is 0 Å². The Balaban J connectivity index is 1.69. The van der Waals surface area contributed by atoms with Crippen molar-refractivity contribution in [1.82, 2.24) is 4.90 Å². The summed E-state index contributed by atoms with van der Waals surface area (Å²) in [6.07, 6.45) is 0. The molecule has 2 heterocycles. The van der Waals surface area contributed by atoms with Crippen LogP contribution in [0.1, 0.15) is 25.0 Å². The molecule has 0 aromatic heterocycles. The maximum absolute atomic E-state index is 13.0. The monoisotopic (exact) mass is 383 g/mol. The Morgan fingerprint density at radius 1 is 1.19 bits per heavy atom. The number of fused-ring (bicyclic) bond motifs is 3. The summed E-state index contributed by atoms with van der Waals surface area (Å²) in [6, 6.07) is 15.2. The van der Waals surface area contributed by atoms with Gasteiger partial charge in [-0.3, -0.25) is 9.79 Å². The highest BCUT2D eigenvalue weighted by Crippen LogP contribution is 2.35. The second kappa shape index (κ2) is 6.89. The molecule has 26 heavy (non-hydrogen) atoms. The molecule has 2 aliphatic heterocycles. The molecular formula is C20H18ClN3OS. The minimum absolute atomic E-state index is 0.00171. The maximum Gasteiger partial charge on any atom is 0.259 e. The summed E-state index contributed by atoms with van der Waals surface area (Å²) in [4.78, 5) is 24.1. The van der Waals surface area contributed by atoms with E-state index in [0.717, 1.165) is 16.8 Å². The van der Waals surface area contributed by atoms with Gasteiger partial charge in [0, 0.05) is 16.3 Å². The van der Waals surface area contributed by atoms with Gasteiger partial charge in [-0.15, -0.1) is 0 Å². The van der Waals surface area contributed by atoms with Gasteiger partial charge < -0.3 is 0 Å². The van der Waals surface area contributed by atoms with E-state index in [1.54, 1.807) is 4.90 Å². The number of amidine groups is 2. The summed E-state index contributed by atoms with van der Waals surface area (Å²) >= 11 is 7.61. The van der Waals surface area contributed by atoms with E-state index in [1.807, 2.05) is 62.4 Å². The summed E-state index contributed by atoms with van der Waals surface area (Å²) in [5.74, 6) is 1.55. The van der Waals surface area contributed by atoms with Crippen molar-refractivity contribution in [2.24, 2.45) is 15.9 Å².